The summed E-state index contributed by atoms with van der Waals surface area (Å²) in [5, 5.41) is 3.53. The molecule has 0 radical (unpaired) electrons. The van der Waals surface area contributed by atoms with Crippen molar-refractivity contribution in [2.24, 2.45) is 27.3 Å². The van der Waals surface area contributed by atoms with Crippen molar-refractivity contribution in [3.05, 3.63) is 27.7 Å². The Morgan fingerprint density at radius 3 is 2.58 bits per heavy atom. The molecule has 0 aliphatic heterocycles. The molecule has 4 rings (SSSR count). The minimum Gasteiger partial charge on any atom is -0.295 e. The van der Waals surface area contributed by atoms with Gasteiger partial charge in [0.25, 0.3) is 0 Å². The van der Waals surface area contributed by atoms with Crippen molar-refractivity contribution in [3.8, 4) is 0 Å². The van der Waals surface area contributed by atoms with E-state index in [-0.39, 0.29) is 22.3 Å². The number of hydrogen-bond acceptors (Lipinski definition) is 3. The molecule has 2 fully saturated rings. The van der Waals surface area contributed by atoms with Gasteiger partial charge in [0.2, 0.25) is 0 Å². The van der Waals surface area contributed by atoms with Crippen LogP contribution in [0.25, 0.3) is 0 Å². The largest absolute Gasteiger partial charge is 0.295 e. The zero-order valence-electron chi connectivity index (χ0n) is 15.4. The Kier molecular flexibility index (Phi) is 3.31. The number of fused-ring (bicyclic) bond motifs is 5. The average molecular weight is 327 g/mol. The van der Waals surface area contributed by atoms with Gasteiger partial charge in [-0.1, -0.05) is 42.7 Å². The lowest BCUT2D eigenvalue weighted by Gasteiger charge is -2.60. The van der Waals surface area contributed by atoms with Crippen LogP contribution in [0.1, 0.15) is 72.6 Å². The van der Waals surface area contributed by atoms with E-state index in [9.17, 15) is 9.70 Å². The van der Waals surface area contributed by atoms with Crippen LogP contribution in [-0.2, 0) is 4.79 Å². The summed E-state index contributed by atoms with van der Waals surface area (Å²) < 4.78 is 0. The third-order valence-corrected chi connectivity index (χ3v) is 8.21. The van der Waals surface area contributed by atoms with Gasteiger partial charge < -0.3 is 0 Å². The number of nitrogens with zero attached hydrogens (tertiary/aromatic N) is 1. The average Bonchev–Trinajstić information content (AvgIpc) is 2.84. The molecule has 4 aliphatic carbocycles. The Morgan fingerprint density at radius 2 is 1.88 bits per heavy atom. The molecule has 24 heavy (non-hydrogen) atoms. The van der Waals surface area contributed by atoms with Gasteiger partial charge in [-0.2, -0.15) is 4.91 Å². The number of allylic oxidation sites excluding steroid dienone is 4. The van der Waals surface area contributed by atoms with Crippen LogP contribution in [0.3, 0.4) is 0 Å². The molecule has 0 saturated heterocycles. The molecule has 2 saturated carbocycles. The Balaban J connectivity index is 1.89. The van der Waals surface area contributed by atoms with Crippen LogP contribution in [0.2, 0.25) is 0 Å². The monoisotopic (exact) mass is 327 g/mol. The highest BCUT2D eigenvalue weighted by molar-refractivity contribution is 5.92. The lowest BCUT2D eigenvalue weighted by atomic mass is 9.44. The molecule has 3 heteroatoms. The quantitative estimate of drug-likeness (QED) is 0.481. The Morgan fingerprint density at radius 1 is 1.12 bits per heavy atom. The minimum atomic E-state index is -0.0338. The highest BCUT2D eigenvalue weighted by Crippen LogP contribution is 2.70. The lowest BCUT2D eigenvalue weighted by molar-refractivity contribution is -0.115. The van der Waals surface area contributed by atoms with Crippen LogP contribution in [0.5, 0.6) is 0 Å². The summed E-state index contributed by atoms with van der Waals surface area (Å²) in [5.74, 6) is 0.846. The second-order valence-corrected chi connectivity index (χ2v) is 9.47. The van der Waals surface area contributed by atoms with Crippen molar-refractivity contribution in [3.63, 3.8) is 0 Å². The molecule has 0 aromatic heterocycles. The Hall–Kier alpha value is -1.25. The number of nitroso groups, excluding NO2 is 1. The third kappa shape index (κ3) is 1.82. The number of hydrogen-bond donors (Lipinski definition) is 0. The summed E-state index contributed by atoms with van der Waals surface area (Å²) in [6.07, 6.45) is 8.78. The first-order valence-electron chi connectivity index (χ1n) is 9.53. The molecular weight excluding hydrogens is 298 g/mol. The first-order valence-corrected chi connectivity index (χ1v) is 9.53. The zero-order valence-corrected chi connectivity index (χ0v) is 15.4. The van der Waals surface area contributed by atoms with E-state index in [0.717, 1.165) is 38.5 Å². The summed E-state index contributed by atoms with van der Waals surface area (Å²) in [6.45, 7) is 9.40. The number of carbonyl (C=O) groups excluding carboxylic acids is 1. The lowest BCUT2D eigenvalue weighted by Crippen LogP contribution is -2.52. The fourth-order valence-electron chi connectivity index (χ4n) is 7.39. The molecule has 0 aromatic rings. The standard InChI is InChI=1S/C21H29NO2/c1-13-12-21(4)16(5-6-17(21)22-24)20(3)9-7-14-11-15(23)8-10-19(14,2)18(13)20/h11,16-17H,5-10,12H2,1-4H3/t16?,17?,19-,20-,21-/m0/s1. The second kappa shape index (κ2) is 4.89. The fourth-order valence-corrected chi connectivity index (χ4v) is 7.39. The van der Waals surface area contributed by atoms with Crippen LogP contribution in [0.4, 0.5) is 0 Å². The van der Waals surface area contributed by atoms with E-state index < -0.39 is 0 Å². The molecule has 5 atom stereocenters. The van der Waals surface area contributed by atoms with Gasteiger partial charge in [0, 0.05) is 17.3 Å². The van der Waals surface area contributed by atoms with Crippen molar-refractivity contribution in [2.75, 3.05) is 0 Å². The molecule has 130 valence electrons. The van der Waals surface area contributed by atoms with Gasteiger partial charge >= 0.3 is 0 Å². The summed E-state index contributed by atoms with van der Waals surface area (Å²) in [4.78, 5) is 23.4. The molecule has 0 amide bonds. The van der Waals surface area contributed by atoms with E-state index in [0.29, 0.717) is 18.1 Å². The van der Waals surface area contributed by atoms with E-state index in [1.165, 1.54) is 11.1 Å². The normalized spacial score (nSPS) is 47.7. The van der Waals surface area contributed by atoms with E-state index in [1.54, 1.807) is 5.57 Å². The molecule has 0 bridgehead atoms. The van der Waals surface area contributed by atoms with Crippen molar-refractivity contribution in [1.29, 1.82) is 0 Å². The summed E-state index contributed by atoms with van der Waals surface area (Å²) in [6, 6.07) is -0.0338. The number of ketones is 1. The van der Waals surface area contributed by atoms with Gasteiger partial charge in [-0.25, -0.2) is 0 Å². The van der Waals surface area contributed by atoms with Gasteiger partial charge in [0.1, 0.15) is 0 Å². The maximum Gasteiger partial charge on any atom is 0.155 e. The first-order chi connectivity index (χ1) is 11.3. The van der Waals surface area contributed by atoms with E-state index >= 15 is 0 Å². The van der Waals surface area contributed by atoms with Gasteiger partial charge in [-0.05, 0) is 62.9 Å². The van der Waals surface area contributed by atoms with E-state index in [2.05, 4.69) is 32.9 Å². The zero-order chi connectivity index (χ0) is 17.3. The highest BCUT2D eigenvalue weighted by Gasteiger charge is 2.62. The highest BCUT2D eigenvalue weighted by atomic mass is 16.3. The Bertz CT molecular complexity index is 690. The van der Waals surface area contributed by atoms with E-state index in [4.69, 9.17) is 0 Å². The SMILES string of the molecule is CC1=C2[C@@]3(C)CCC(=O)C=C3CC[C@@]2(C)C2CCC(N=O)[C@@]2(C)C1. The minimum absolute atomic E-state index is 0.0200. The summed E-state index contributed by atoms with van der Waals surface area (Å²) in [5.41, 5.74) is 4.66. The van der Waals surface area contributed by atoms with Crippen molar-refractivity contribution in [2.45, 2.75) is 78.7 Å². The van der Waals surface area contributed by atoms with Gasteiger partial charge in [0.05, 0.1) is 6.04 Å². The van der Waals surface area contributed by atoms with Crippen LogP contribution < -0.4 is 0 Å². The fraction of sp³-hybridized carbons (Fsp3) is 0.762. The topological polar surface area (TPSA) is 46.5 Å². The smallest absolute Gasteiger partial charge is 0.155 e. The number of carbonyl (C=O) groups is 1. The van der Waals surface area contributed by atoms with Crippen LogP contribution in [0.15, 0.2) is 28.0 Å². The Labute approximate surface area is 144 Å². The van der Waals surface area contributed by atoms with E-state index in [1.807, 2.05) is 6.08 Å². The van der Waals surface area contributed by atoms with Crippen LogP contribution >= 0.6 is 0 Å². The summed E-state index contributed by atoms with van der Waals surface area (Å²) >= 11 is 0. The molecule has 0 N–H and O–H groups in total. The molecule has 4 aliphatic rings. The van der Waals surface area contributed by atoms with Crippen LogP contribution in [0, 0.1) is 27.1 Å². The third-order valence-electron chi connectivity index (χ3n) is 8.21. The maximum atomic E-state index is 12.0. The number of rotatable bonds is 1. The van der Waals surface area contributed by atoms with Crippen molar-refractivity contribution < 1.29 is 4.79 Å². The molecule has 0 spiro atoms. The van der Waals surface area contributed by atoms with Gasteiger partial charge in [-0.15, -0.1) is 0 Å². The predicted octanol–water partition coefficient (Wildman–Crippen LogP) is 5.35. The molecular formula is C21H29NO2. The maximum absolute atomic E-state index is 12.0. The predicted molar refractivity (Wildman–Crippen MR) is 95.5 cm³/mol. The van der Waals surface area contributed by atoms with Crippen molar-refractivity contribution >= 4 is 5.78 Å². The summed E-state index contributed by atoms with van der Waals surface area (Å²) in [7, 11) is 0. The molecule has 0 aromatic carbocycles. The molecule has 0 heterocycles. The first kappa shape index (κ1) is 16.2. The van der Waals surface area contributed by atoms with Gasteiger partial charge in [-0.3, -0.25) is 4.79 Å². The van der Waals surface area contributed by atoms with Crippen molar-refractivity contribution in [1.82, 2.24) is 0 Å². The molecule has 2 unspecified atom stereocenters. The van der Waals surface area contributed by atoms with Gasteiger partial charge in [0.15, 0.2) is 5.78 Å². The van der Waals surface area contributed by atoms with Crippen LogP contribution in [-0.4, -0.2) is 11.8 Å². The molecule has 3 nitrogen and oxygen atoms in total. The second-order valence-electron chi connectivity index (χ2n) is 9.47.